The second kappa shape index (κ2) is 8.27. The van der Waals surface area contributed by atoms with E-state index in [0.29, 0.717) is 12.8 Å². The van der Waals surface area contributed by atoms with Gasteiger partial charge in [-0.2, -0.15) is 0 Å². The number of esters is 3. The van der Waals surface area contributed by atoms with Crippen LogP contribution in [0.15, 0.2) is 0 Å². The topological polar surface area (TPSA) is 78.9 Å². The van der Waals surface area contributed by atoms with Gasteiger partial charge in [-0.25, -0.2) is 0 Å². The number of fused-ring (bicyclic) bond motifs is 1. The van der Waals surface area contributed by atoms with Gasteiger partial charge in [0.25, 0.3) is 0 Å². The van der Waals surface area contributed by atoms with Gasteiger partial charge in [0, 0.05) is 18.3 Å². The fourth-order valence-corrected chi connectivity index (χ4v) is 6.20. The second-order valence-corrected chi connectivity index (χ2v) is 9.34. The summed E-state index contributed by atoms with van der Waals surface area (Å²) in [6.07, 6.45) is 8.55. The molecule has 6 nitrogen and oxygen atoms in total. The third-order valence-corrected chi connectivity index (χ3v) is 7.53. The Balaban J connectivity index is 1.51. The van der Waals surface area contributed by atoms with E-state index in [-0.39, 0.29) is 36.2 Å². The minimum Gasteiger partial charge on any atom is -0.459 e. The van der Waals surface area contributed by atoms with E-state index in [1.807, 2.05) is 0 Å². The fraction of sp³-hybridized carbons (Fsp3) is 0.826. The van der Waals surface area contributed by atoms with Gasteiger partial charge in [0.05, 0.1) is 11.8 Å². The van der Waals surface area contributed by atoms with Crippen molar-refractivity contribution in [2.45, 2.75) is 95.4 Å². The average molecular weight is 406 g/mol. The van der Waals surface area contributed by atoms with Crippen molar-refractivity contribution in [2.24, 2.45) is 23.7 Å². The van der Waals surface area contributed by atoms with Crippen molar-refractivity contribution < 1.29 is 28.6 Å². The monoisotopic (exact) mass is 405 g/mol. The lowest BCUT2D eigenvalue weighted by Crippen LogP contribution is -2.46. The first-order chi connectivity index (χ1) is 14.0. The molecule has 0 aromatic carbocycles. The Morgan fingerprint density at radius 1 is 1.21 bits per heavy atom. The third kappa shape index (κ3) is 3.68. The zero-order valence-electron chi connectivity index (χ0n) is 17.4. The molecular formula is C23H33O6. The summed E-state index contributed by atoms with van der Waals surface area (Å²) in [7, 11) is 0. The van der Waals surface area contributed by atoms with Crippen molar-refractivity contribution in [2.75, 3.05) is 0 Å². The lowest BCUT2D eigenvalue weighted by atomic mass is 9.77. The number of rotatable bonds is 8. The molecule has 1 heterocycles. The number of hydrogen-bond donors (Lipinski definition) is 0. The summed E-state index contributed by atoms with van der Waals surface area (Å²) < 4.78 is 17.4. The molecule has 0 amide bonds. The first-order valence-electron chi connectivity index (χ1n) is 11.4. The highest BCUT2D eigenvalue weighted by molar-refractivity contribution is 5.86. The van der Waals surface area contributed by atoms with Crippen LogP contribution in [0.3, 0.4) is 0 Å². The molecule has 2 bridgehead atoms. The molecule has 3 saturated carbocycles. The number of carbonyl (C=O) groups is 3. The molecule has 0 aromatic rings. The molecule has 4 aliphatic rings. The van der Waals surface area contributed by atoms with Gasteiger partial charge in [-0.15, -0.1) is 0 Å². The quantitative estimate of drug-likeness (QED) is 0.452. The highest BCUT2D eigenvalue weighted by atomic mass is 16.6. The minimum atomic E-state index is -0.552. The number of carbonyl (C=O) groups excluding carboxylic acids is 3. The van der Waals surface area contributed by atoms with Crippen LogP contribution < -0.4 is 0 Å². The van der Waals surface area contributed by atoms with E-state index in [4.69, 9.17) is 14.2 Å². The van der Waals surface area contributed by atoms with Crippen molar-refractivity contribution >= 4 is 17.9 Å². The SMILES string of the molecule is [CH2]CCC(=O)OC1C2CC3C1OC(=O)C3C2C(=O)OC1(CCCC)CCCCC1. The van der Waals surface area contributed by atoms with Gasteiger partial charge < -0.3 is 14.2 Å². The Morgan fingerprint density at radius 2 is 1.97 bits per heavy atom. The molecule has 6 unspecified atom stereocenters. The van der Waals surface area contributed by atoms with Crippen molar-refractivity contribution in [1.29, 1.82) is 0 Å². The van der Waals surface area contributed by atoms with Crippen molar-refractivity contribution in [1.82, 2.24) is 0 Å². The average Bonchev–Trinajstić information content (AvgIpc) is 3.31. The molecule has 6 heteroatoms. The largest absolute Gasteiger partial charge is 0.459 e. The molecular weight excluding hydrogens is 372 g/mol. The summed E-state index contributed by atoms with van der Waals surface area (Å²) in [4.78, 5) is 38.0. The molecule has 1 radical (unpaired) electrons. The Labute approximate surface area is 173 Å². The lowest BCUT2D eigenvalue weighted by molar-refractivity contribution is -0.178. The molecule has 161 valence electrons. The molecule has 3 aliphatic carbocycles. The van der Waals surface area contributed by atoms with Gasteiger partial charge in [-0.1, -0.05) is 26.7 Å². The Morgan fingerprint density at radius 3 is 2.66 bits per heavy atom. The molecule has 1 aliphatic heterocycles. The molecule has 29 heavy (non-hydrogen) atoms. The molecule has 0 aromatic heterocycles. The summed E-state index contributed by atoms with van der Waals surface area (Å²) >= 11 is 0. The van der Waals surface area contributed by atoms with Crippen molar-refractivity contribution in [3.05, 3.63) is 6.92 Å². The molecule has 6 atom stereocenters. The van der Waals surface area contributed by atoms with Gasteiger partial charge >= 0.3 is 17.9 Å². The lowest BCUT2D eigenvalue weighted by Gasteiger charge is -2.39. The first kappa shape index (κ1) is 20.7. The number of unbranched alkanes of at least 4 members (excludes halogenated alkanes) is 1. The summed E-state index contributed by atoms with van der Waals surface area (Å²) in [6.45, 7) is 5.83. The van der Waals surface area contributed by atoms with E-state index < -0.39 is 29.6 Å². The van der Waals surface area contributed by atoms with Gasteiger partial charge in [-0.05, 0) is 51.4 Å². The van der Waals surface area contributed by atoms with E-state index in [1.54, 1.807) is 0 Å². The van der Waals surface area contributed by atoms with E-state index >= 15 is 0 Å². The van der Waals surface area contributed by atoms with Crippen molar-refractivity contribution in [3.63, 3.8) is 0 Å². The van der Waals surface area contributed by atoms with Gasteiger partial charge in [0.15, 0.2) is 0 Å². The maximum atomic E-state index is 13.4. The summed E-state index contributed by atoms with van der Waals surface area (Å²) in [6, 6.07) is 0. The maximum Gasteiger partial charge on any atom is 0.310 e. The van der Waals surface area contributed by atoms with Crippen LogP contribution in [0, 0.1) is 30.6 Å². The van der Waals surface area contributed by atoms with Crippen LogP contribution in [0.25, 0.3) is 0 Å². The maximum absolute atomic E-state index is 13.4. The summed E-state index contributed by atoms with van der Waals surface area (Å²) in [5.41, 5.74) is -0.394. The summed E-state index contributed by atoms with van der Waals surface area (Å²) in [5.74, 6) is -2.16. The predicted octanol–water partition coefficient (Wildman–Crippen LogP) is 3.76. The predicted molar refractivity (Wildman–Crippen MR) is 104 cm³/mol. The van der Waals surface area contributed by atoms with Crippen LogP contribution in [0.4, 0.5) is 0 Å². The van der Waals surface area contributed by atoms with E-state index in [1.165, 1.54) is 6.42 Å². The van der Waals surface area contributed by atoms with Gasteiger partial charge in [0.2, 0.25) is 0 Å². The van der Waals surface area contributed by atoms with E-state index in [0.717, 1.165) is 44.9 Å². The van der Waals surface area contributed by atoms with E-state index in [9.17, 15) is 14.4 Å². The number of ether oxygens (including phenoxy) is 3. The van der Waals surface area contributed by atoms with Crippen molar-refractivity contribution in [3.8, 4) is 0 Å². The highest BCUT2D eigenvalue weighted by Gasteiger charge is 2.70. The van der Waals surface area contributed by atoms with Gasteiger partial charge in [-0.3, -0.25) is 14.4 Å². The van der Waals surface area contributed by atoms with Crippen LogP contribution in [0.5, 0.6) is 0 Å². The van der Waals surface area contributed by atoms with Gasteiger partial charge in [0.1, 0.15) is 17.8 Å². The fourth-order valence-electron chi connectivity index (χ4n) is 6.20. The van der Waals surface area contributed by atoms with Crippen LogP contribution in [-0.2, 0) is 28.6 Å². The zero-order valence-corrected chi connectivity index (χ0v) is 17.4. The zero-order chi connectivity index (χ0) is 20.6. The van der Waals surface area contributed by atoms with Crippen LogP contribution in [-0.4, -0.2) is 35.7 Å². The Bertz CT molecular complexity index is 652. The molecule has 4 fully saturated rings. The molecule has 1 saturated heterocycles. The Kier molecular flexibility index (Phi) is 5.90. The highest BCUT2D eigenvalue weighted by Crippen LogP contribution is 2.59. The number of hydrogen-bond acceptors (Lipinski definition) is 6. The third-order valence-electron chi connectivity index (χ3n) is 7.53. The minimum absolute atomic E-state index is 0.0412. The van der Waals surface area contributed by atoms with Crippen LogP contribution in [0.2, 0.25) is 0 Å². The standard InChI is InChI=1S/C23H33O6/c1-3-5-10-23(11-7-6-8-12-23)29-22(26)18-15-13-14-17(18)21(25)28-20(14)19(15)27-16(24)9-4-2/h14-15,17-20H,2-13H2,1H3. The first-order valence-corrected chi connectivity index (χ1v) is 11.4. The smallest absolute Gasteiger partial charge is 0.310 e. The second-order valence-electron chi connectivity index (χ2n) is 9.34. The summed E-state index contributed by atoms with van der Waals surface area (Å²) in [5, 5.41) is 0. The van der Waals surface area contributed by atoms with E-state index in [2.05, 4.69) is 13.8 Å². The van der Waals surface area contributed by atoms with Crippen LogP contribution in [0.1, 0.15) is 77.6 Å². The normalized spacial score (nSPS) is 36.7. The molecule has 0 spiro atoms. The molecule has 4 rings (SSSR count). The molecule has 0 N–H and O–H groups in total. The van der Waals surface area contributed by atoms with Crippen LogP contribution >= 0.6 is 0 Å². The Hall–Kier alpha value is -1.59.